The molecule has 1 fully saturated rings. The summed E-state index contributed by atoms with van der Waals surface area (Å²) in [4.78, 5) is 15.0. The van der Waals surface area contributed by atoms with E-state index in [-0.39, 0.29) is 11.8 Å². The molecule has 1 aliphatic rings. The van der Waals surface area contributed by atoms with Crippen molar-refractivity contribution in [1.29, 1.82) is 0 Å². The van der Waals surface area contributed by atoms with Crippen LogP contribution < -0.4 is 0 Å². The summed E-state index contributed by atoms with van der Waals surface area (Å²) in [5.74, 6) is -0.543. The maximum Gasteiger partial charge on any atom is 0.307 e. The van der Waals surface area contributed by atoms with Crippen LogP contribution in [0.4, 0.5) is 0 Å². The fourth-order valence-electron chi connectivity index (χ4n) is 1.79. The number of oxazole rings is 1. The number of carboxylic acid groups (broad SMARTS) is 1. The molecule has 0 amide bonds. The fourth-order valence-corrected chi connectivity index (χ4v) is 1.79. The first-order valence-electron chi connectivity index (χ1n) is 4.84. The van der Waals surface area contributed by atoms with E-state index in [2.05, 4.69) is 4.98 Å². The van der Waals surface area contributed by atoms with Crippen molar-refractivity contribution in [3.8, 4) is 0 Å². The van der Waals surface area contributed by atoms with Gasteiger partial charge in [-0.15, -0.1) is 0 Å². The van der Waals surface area contributed by atoms with Crippen LogP contribution in [-0.2, 0) is 4.79 Å². The lowest BCUT2D eigenvalue weighted by molar-refractivity contribution is -0.138. The van der Waals surface area contributed by atoms with Crippen molar-refractivity contribution < 1.29 is 14.3 Å². The second kappa shape index (κ2) is 2.82. The van der Waals surface area contributed by atoms with E-state index in [1.165, 1.54) is 0 Å². The van der Waals surface area contributed by atoms with Crippen LogP contribution in [0, 0.1) is 5.92 Å². The normalized spacial score (nSPS) is 24.3. The molecule has 1 N–H and O–H groups in total. The number of carboxylic acids is 1. The van der Waals surface area contributed by atoms with Crippen molar-refractivity contribution in [2.24, 2.45) is 5.92 Å². The zero-order chi connectivity index (χ0) is 10.4. The molecule has 0 saturated heterocycles. The maximum absolute atomic E-state index is 10.7. The Morgan fingerprint density at radius 3 is 2.93 bits per heavy atom. The average molecular weight is 203 g/mol. The van der Waals surface area contributed by atoms with Gasteiger partial charge in [-0.25, -0.2) is 4.98 Å². The molecule has 3 rings (SSSR count). The zero-order valence-electron chi connectivity index (χ0n) is 7.88. The van der Waals surface area contributed by atoms with Crippen LogP contribution in [0.15, 0.2) is 28.7 Å². The molecular formula is C11H9NO3. The fraction of sp³-hybridized carbons (Fsp3) is 0.273. The van der Waals surface area contributed by atoms with Gasteiger partial charge in [-0.3, -0.25) is 4.79 Å². The van der Waals surface area contributed by atoms with Gasteiger partial charge >= 0.3 is 5.97 Å². The van der Waals surface area contributed by atoms with E-state index in [0.29, 0.717) is 12.3 Å². The second-order valence-corrected chi connectivity index (χ2v) is 3.81. The number of nitrogens with zero attached hydrogens (tertiary/aromatic N) is 1. The summed E-state index contributed by atoms with van der Waals surface area (Å²) in [5, 5.41) is 8.79. The molecule has 2 atom stereocenters. The monoisotopic (exact) mass is 203 g/mol. The number of rotatable bonds is 2. The molecular weight excluding hydrogens is 194 g/mol. The van der Waals surface area contributed by atoms with Gasteiger partial charge in [-0.2, -0.15) is 0 Å². The van der Waals surface area contributed by atoms with Crippen molar-refractivity contribution in [3.05, 3.63) is 30.2 Å². The number of hydrogen-bond acceptors (Lipinski definition) is 3. The molecule has 15 heavy (non-hydrogen) atoms. The highest BCUT2D eigenvalue weighted by Crippen LogP contribution is 2.47. The van der Waals surface area contributed by atoms with Gasteiger partial charge in [0.25, 0.3) is 0 Å². The number of fused-ring (bicyclic) bond motifs is 1. The minimum absolute atomic E-state index is 0.0325. The van der Waals surface area contributed by atoms with Crippen LogP contribution in [0.5, 0.6) is 0 Å². The summed E-state index contributed by atoms with van der Waals surface area (Å²) >= 11 is 0. The van der Waals surface area contributed by atoms with Crippen LogP contribution >= 0.6 is 0 Å². The van der Waals surface area contributed by atoms with Crippen molar-refractivity contribution in [2.45, 2.75) is 12.3 Å². The molecule has 1 heterocycles. The first kappa shape index (κ1) is 8.47. The Morgan fingerprint density at radius 2 is 2.27 bits per heavy atom. The zero-order valence-corrected chi connectivity index (χ0v) is 7.88. The Labute approximate surface area is 85.5 Å². The van der Waals surface area contributed by atoms with E-state index in [9.17, 15) is 4.79 Å². The van der Waals surface area contributed by atoms with Crippen molar-refractivity contribution >= 4 is 17.1 Å². The van der Waals surface area contributed by atoms with Crippen molar-refractivity contribution in [2.75, 3.05) is 0 Å². The predicted molar refractivity (Wildman–Crippen MR) is 52.5 cm³/mol. The van der Waals surface area contributed by atoms with E-state index >= 15 is 0 Å². The van der Waals surface area contributed by atoms with Gasteiger partial charge in [0.15, 0.2) is 11.5 Å². The van der Waals surface area contributed by atoms with Gasteiger partial charge in [0.05, 0.1) is 5.92 Å². The summed E-state index contributed by atoms with van der Waals surface area (Å²) in [6, 6.07) is 7.46. The van der Waals surface area contributed by atoms with Crippen LogP contribution in [-0.4, -0.2) is 16.1 Å². The third-order valence-electron chi connectivity index (χ3n) is 2.74. The molecule has 0 radical (unpaired) electrons. The number of carbonyl (C=O) groups is 1. The predicted octanol–water partition coefficient (Wildman–Crippen LogP) is 2.02. The molecule has 1 saturated carbocycles. The van der Waals surface area contributed by atoms with Gasteiger partial charge < -0.3 is 9.52 Å². The Hall–Kier alpha value is -1.84. The minimum atomic E-state index is -0.762. The number of benzene rings is 1. The Kier molecular flexibility index (Phi) is 1.59. The largest absolute Gasteiger partial charge is 0.481 e. The summed E-state index contributed by atoms with van der Waals surface area (Å²) in [5.41, 5.74) is 1.52. The third-order valence-corrected chi connectivity index (χ3v) is 2.74. The molecule has 2 aromatic rings. The van der Waals surface area contributed by atoms with Crippen molar-refractivity contribution in [3.63, 3.8) is 0 Å². The highest BCUT2D eigenvalue weighted by Gasteiger charge is 2.47. The summed E-state index contributed by atoms with van der Waals surface area (Å²) in [6.07, 6.45) is 0.641. The summed E-state index contributed by atoms with van der Waals surface area (Å²) < 4.78 is 5.50. The molecule has 0 aliphatic heterocycles. The Bertz CT molecular complexity index is 498. The molecule has 4 nitrogen and oxygen atoms in total. The molecule has 1 aromatic carbocycles. The van der Waals surface area contributed by atoms with Crippen LogP contribution in [0.1, 0.15) is 18.2 Å². The first-order valence-corrected chi connectivity index (χ1v) is 4.84. The van der Waals surface area contributed by atoms with Gasteiger partial charge in [0.1, 0.15) is 5.52 Å². The van der Waals surface area contributed by atoms with Crippen LogP contribution in [0.3, 0.4) is 0 Å². The molecule has 0 spiro atoms. The lowest BCUT2D eigenvalue weighted by Crippen LogP contribution is -1.98. The number of aromatic nitrogens is 1. The Morgan fingerprint density at radius 1 is 1.47 bits per heavy atom. The van der Waals surface area contributed by atoms with Gasteiger partial charge in [0, 0.05) is 5.92 Å². The summed E-state index contributed by atoms with van der Waals surface area (Å²) in [7, 11) is 0. The highest BCUT2D eigenvalue weighted by atomic mass is 16.4. The van der Waals surface area contributed by atoms with E-state index in [1.807, 2.05) is 24.3 Å². The Balaban J connectivity index is 1.97. The molecule has 1 aliphatic carbocycles. The second-order valence-electron chi connectivity index (χ2n) is 3.81. The van der Waals surface area contributed by atoms with Crippen molar-refractivity contribution in [1.82, 2.24) is 4.98 Å². The summed E-state index contributed by atoms with van der Waals surface area (Å²) in [6.45, 7) is 0. The first-order chi connectivity index (χ1) is 7.25. The van der Waals surface area contributed by atoms with Crippen LogP contribution in [0.25, 0.3) is 11.1 Å². The average Bonchev–Trinajstić information content (AvgIpc) is 2.91. The number of para-hydroxylation sites is 2. The lowest BCUT2D eigenvalue weighted by atomic mass is 10.3. The lowest BCUT2D eigenvalue weighted by Gasteiger charge is -1.87. The molecule has 4 heteroatoms. The quantitative estimate of drug-likeness (QED) is 0.810. The molecule has 1 aromatic heterocycles. The van der Waals surface area contributed by atoms with Gasteiger partial charge in [0.2, 0.25) is 0 Å². The van der Waals surface area contributed by atoms with Gasteiger partial charge in [-0.05, 0) is 18.6 Å². The van der Waals surface area contributed by atoms with Gasteiger partial charge in [-0.1, -0.05) is 12.1 Å². The van der Waals surface area contributed by atoms with E-state index in [0.717, 1.165) is 11.1 Å². The highest BCUT2D eigenvalue weighted by molar-refractivity contribution is 5.76. The molecule has 0 unspecified atom stereocenters. The topological polar surface area (TPSA) is 63.3 Å². The van der Waals surface area contributed by atoms with Crippen LogP contribution in [0.2, 0.25) is 0 Å². The van der Waals surface area contributed by atoms with E-state index in [4.69, 9.17) is 9.52 Å². The SMILES string of the molecule is O=C(O)[C@H]1C[C@@H]1c1nc2ccccc2o1. The standard InChI is InChI=1S/C11H9NO3/c13-11(14)7-5-6(7)10-12-8-3-1-2-4-9(8)15-10/h1-4,6-7H,5H2,(H,13,14)/t6-,7-/m0/s1. The molecule has 76 valence electrons. The molecule has 0 bridgehead atoms. The maximum atomic E-state index is 10.7. The number of hydrogen-bond donors (Lipinski definition) is 1. The minimum Gasteiger partial charge on any atom is -0.481 e. The third kappa shape index (κ3) is 1.29. The van der Waals surface area contributed by atoms with E-state index < -0.39 is 5.97 Å². The van der Waals surface area contributed by atoms with E-state index in [1.54, 1.807) is 0 Å². The number of aliphatic carboxylic acids is 1. The smallest absolute Gasteiger partial charge is 0.307 e.